The van der Waals surface area contributed by atoms with E-state index < -0.39 is 9.84 Å². The molecule has 0 atom stereocenters. The summed E-state index contributed by atoms with van der Waals surface area (Å²) in [7, 11) is -3.11. The summed E-state index contributed by atoms with van der Waals surface area (Å²) in [6, 6.07) is 5.86. The van der Waals surface area contributed by atoms with E-state index >= 15 is 0 Å². The van der Waals surface area contributed by atoms with Crippen LogP contribution < -0.4 is 5.73 Å². The predicted octanol–water partition coefficient (Wildman–Crippen LogP) is 1.70. The molecule has 110 valence electrons. The SMILES string of the molecule is CC(C)Cn1c(CS(C)(=O)=O)nc2cc(CN)ccc21. The number of hydrogen-bond acceptors (Lipinski definition) is 4. The molecule has 0 spiro atoms. The van der Waals surface area contributed by atoms with Crippen LogP contribution in [0.3, 0.4) is 0 Å². The van der Waals surface area contributed by atoms with Crippen molar-refractivity contribution in [3.8, 4) is 0 Å². The van der Waals surface area contributed by atoms with Crippen LogP contribution in [0.2, 0.25) is 0 Å². The number of rotatable bonds is 5. The number of hydrogen-bond donors (Lipinski definition) is 1. The predicted molar refractivity (Wildman–Crippen MR) is 81.0 cm³/mol. The molecule has 0 saturated carbocycles. The third kappa shape index (κ3) is 3.37. The molecule has 0 amide bonds. The van der Waals surface area contributed by atoms with Gasteiger partial charge in [0.15, 0.2) is 9.84 Å². The van der Waals surface area contributed by atoms with E-state index in [1.807, 2.05) is 22.8 Å². The van der Waals surface area contributed by atoms with E-state index in [9.17, 15) is 8.42 Å². The largest absolute Gasteiger partial charge is 0.327 e. The fourth-order valence-electron chi connectivity index (χ4n) is 2.27. The highest BCUT2D eigenvalue weighted by molar-refractivity contribution is 7.89. The first-order valence-corrected chi connectivity index (χ1v) is 8.72. The van der Waals surface area contributed by atoms with Gasteiger partial charge in [-0.3, -0.25) is 0 Å². The molecule has 0 bridgehead atoms. The molecular weight excluding hydrogens is 274 g/mol. The van der Waals surface area contributed by atoms with Crippen molar-refractivity contribution < 1.29 is 8.42 Å². The lowest BCUT2D eigenvalue weighted by Crippen LogP contribution is -2.12. The second-order valence-corrected chi connectivity index (χ2v) is 7.77. The molecule has 0 saturated heterocycles. The van der Waals surface area contributed by atoms with E-state index in [1.165, 1.54) is 6.26 Å². The maximum Gasteiger partial charge on any atom is 0.154 e. The van der Waals surface area contributed by atoms with Crippen molar-refractivity contribution in [3.63, 3.8) is 0 Å². The molecule has 20 heavy (non-hydrogen) atoms. The van der Waals surface area contributed by atoms with Crippen LogP contribution in [0, 0.1) is 5.92 Å². The van der Waals surface area contributed by atoms with Crippen molar-refractivity contribution in [2.24, 2.45) is 11.7 Å². The summed E-state index contributed by atoms with van der Waals surface area (Å²) in [6.45, 7) is 5.41. The van der Waals surface area contributed by atoms with Gasteiger partial charge >= 0.3 is 0 Å². The van der Waals surface area contributed by atoms with Gasteiger partial charge in [0.1, 0.15) is 11.6 Å². The van der Waals surface area contributed by atoms with Gasteiger partial charge in [0.05, 0.1) is 11.0 Å². The molecule has 0 fully saturated rings. The average molecular weight is 295 g/mol. The number of nitrogens with zero attached hydrogens (tertiary/aromatic N) is 2. The summed E-state index contributed by atoms with van der Waals surface area (Å²) >= 11 is 0. The first-order valence-electron chi connectivity index (χ1n) is 6.66. The smallest absolute Gasteiger partial charge is 0.154 e. The normalized spacial score (nSPS) is 12.4. The first-order chi connectivity index (χ1) is 9.30. The number of aromatic nitrogens is 2. The highest BCUT2D eigenvalue weighted by Crippen LogP contribution is 2.20. The van der Waals surface area contributed by atoms with Crippen LogP contribution in [-0.2, 0) is 28.7 Å². The second-order valence-electron chi connectivity index (χ2n) is 5.63. The summed E-state index contributed by atoms with van der Waals surface area (Å²) in [4.78, 5) is 4.49. The maximum absolute atomic E-state index is 11.6. The van der Waals surface area contributed by atoms with E-state index in [1.54, 1.807) is 0 Å². The monoisotopic (exact) mass is 295 g/mol. The van der Waals surface area contributed by atoms with Crippen molar-refractivity contribution in [2.45, 2.75) is 32.7 Å². The van der Waals surface area contributed by atoms with Gasteiger partial charge in [-0.2, -0.15) is 0 Å². The highest BCUT2D eigenvalue weighted by Gasteiger charge is 2.16. The highest BCUT2D eigenvalue weighted by atomic mass is 32.2. The molecule has 6 heteroatoms. The van der Waals surface area contributed by atoms with Gasteiger partial charge < -0.3 is 10.3 Å². The van der Waals surface area contributed by atoms with Crippen LogP contribution in [-0.4, -0.2) is 24.2 Å². The molecule has 0 radical (unpaired) electrons. The Balaban J connectivity index is 2.59. The lowest BCUT2D eigenvalue weighted by Gasteiger charge is -2.11. The summed E-state index contributed by atoms with van der Waals surface area (Å²) in [5.41, 5.74) is 8.41. The Morgan fingerprint density at radius 2 is 2.05 bits per heavy atom. The van der Waals surface area contributed by atoms with Crippen LogP contribution in [0.25, 0.3) is 11.0 Å². The maximum atomic E-state index is 11.6. The lowest BCUT2D eigenvalue weighted by atomic mass is 10.2. The number of fused-ring (bicyclic) bond motifs is 1. The molecule has 1 aromatic heterocycles. The van der Waals surface area contributed by atoms with Gasteiger partial charge in [0, 0.05) is 19.3 Å². The fourth-order valence-corrected chi connectivity index (χ4v) is 2.96. The van der Waals surface area contributed by atoms with Crippen LogP contribution in [0.1, 0.15) is 25.2 Å². The number of sulfone groups is 1. The summed E-state index contributed by atoms with van der Waals surface area (Å²) < 4.78 is 25.1. The van der Waals surface area contributed by atoms with E-state index in [0.29, 0.717) is 18.3 Å². The first kappa shape index (κ1) is 15.0. The number of nitrogens with two attached hydrogens (primary N) is 1. The Bertz CT molecular complexity index is 717. The fraction of sp³-hybridized carbons (Fsp3) is 0.500. The Labute approximate surface area is 119 Å². The minimum Gasteiger partial charge on any atom is -0.327 e. The molecule has 2 N–H and O–H groups in total. The standard InChI is InChI=1S/C14H21N3O2S/c1-10(2)8-17-13-5-4-11(7-15)6-12(13)16-14(17)9-20(3,18)19/h4-6,10H,7-9,15H2,1-3H3. The molecule has 0 aliphatic carbocycles. The molecule has 0 aliphatic heterocycles. The topological polar surface area (TPSA) is 78.0 Å². The number of benzene rings is 1. The zero-order valence-corrected chi connectivity index (χ0v) is 12.9. The average Bonchev–Trinajstić information content (AvgIpc) is 2.63. The van der Waals surface area contributed by atoms with E-state index in [2.05, 4.69) is 18.8 Å². The van der Waals surface area contributed by atoms with Gasteiger partial charge in [-0.25, -0.2) is 13.4 Å². The van der Waals surface area contributed by atoms with E-state index in [4.69, 9.17) is 5.73 Å². The Morgan fingerprint density at radius 3 is 2.60 bits per heavy atom. The van der Waals surface area contributed by atoms with Gasteiger partial charge in [0.25, 0.3) is 0 Å². The quantitative estimate of drug-likeness (QED) is 0.910. The van der Waals surface area contributed by atoms with Crippen LogP contribution in [0.5, 0.6) is 0 Å². The summed E-state index contributed by atoms with van der Waals surface area (Å²) in [5, 5.41) is 0. The Morgan fingerprint density at radius 1 is 1.35 bits per heavy atom. The van der Waals surface area contributed by atoms with Crippen LogP contribution >= 0.6 is 0 Å². The lowest BCUT2D eigenvalue weighted by molar-refractivity contribution is 0.520. The second kappa shape index (κ2) is 5.54. The zero-order valence-electron chi connectivity index (χ0n) is 12.1. The van der Waals surface area contributed by atoms with Crippen LogP contribution in [0.4, 0.5) is 0 Å². The van der Waals surface area contributed by atoms with Crippen molar-refractivity contribution in [1.29, 1.82) is 0 Å². The summed E-state index contributed by atoms with van der Waals surface area (Å²) in [5.74, 6) is 0.983. The van der Waals surface area contributed by atoms with Gasteiger partial charge in [-0.05, 0) is 23.6 Å². The van der Waals surface area contributed by atoms with Crippen molar-refractivity contribution in [2.75, 3.05) is 6.26 Å². The molecule has 0 aliphatic rings. The van der Waals surface area contributed by atoms with Crippen molar-refractivity contribution in [3.05, 3.63) is 29.6 Å². The number of imidazole rings is 1. The van der Waals surface area contributed by atoms with Crippen molar-refractivity contribution in [1.82, 2.24) is 9.55 Å². The minimum absolute atomic E-state index is 0.0354. The Hall–Kier alpha value is -1.40. The van der Waals surface area contributed by atoms with Crippen LogP contribution in [0.15, 0.2) is 18.2 Å². The van der Waals surface area contributed by atoms with Gasteiger partial charge in [-0.15, -0.1) is 0 Å². The van der Waals surface area contributed by atoms with E-state index in [-0.39, 0.29) is 5.75 Å². The van der Waals surface area contributed by atoms with Gasteiger partial charge in [0.2, 0.25) is 0 Å². The molecule has 1 aromatic carbocycles. The Kier molecular flexibility index (Phi) is 4.15. The molecule has 2 aromatic rings. The third-order valence-corrected chi connectivity index (χ3v) is 3.85. The molecular formula is C14H21N3O2S. The zero-order chi connectivity index (χ0) is 14.9. The molecule has 5 nitrogen and oxygen atoms in total. The van der Waals surface area contributed by atoms with Crippen molar-refractivity contribution >= 4 is 20.9 Å². The molecule has 2 rings (SSSR count). The third-order valence-electron chi connectivity index (χ3n) is 3.07. The molecule has 1 heterocycles. The summed E-state index contributed by atoms with van der Waals surface area (Å²) in [6.07, 6.45) is 1.23. The van der Waals surface area contributed by atoms with E-state index in [0.717, 1.165) is 23.1 Å². The van der Waals surface area contributed by atoms with Gasteiger partial charge in [-0.1, -0.05) is 19.9 Å². The minimum atomic E-state index is -3.11. The molecule has 0 unspecified atom stereocenters.